The molecular formula is C25H22ClF2N5O. The summed E-state index contributed by atoms with van der Waals surface area (Å²) < 4.78 is 37.2. The van der Waals surface area contributed by atoms with Gasteiger partial charge in [-0.15, -0.1) is 0 Å². The van der Waals surface area contributed by atoms with Crippen molar-refractivity contribution in [3.05, 3.63) is 70.4 Å². The number of aromatic nitrogens is 5. The molecule has 0 N–H and O–H groups in total. The number of ether oxygens (including phenoxy) is 1. The van der Waals surface area contributed by atoms with Crippen molar-refractivity contribution in [2.75, 3.05) is 6.61 Å². The van der Waals surface area contributed by atoms with Gasteiger partial charge in [-0.2, -0.15) is 5.10 Å². The molecule has 34 heavy (non-hydrogen) atoms. The number of hydrogen-bond acceptors (Lipinski definition) is 5. The topological polar surface area (TPSA) is 65.7 Å². The van der Waals surface area contributed by atoms with E-state index in [0.29, 0.717) is 41.6 Å². The first-order valence-corrected chi connectivity index (χ1v) is 11.8. The number of rotatable bonds is 4. The minimum atomic E-state index is -0.703. The van der Waals surface area contributed by atoms with Gasteiger partial charge in [0.05, 0.1) is 29.1 Å². The van der Waals surface area contributed by atoms with E-state index in [4.69, 9.17) is 26.3 Å². The highest BCUT2D eigenvalue weighted by Crippen LogP contribution is 2.40. The number of aryl methyl sites for hydroxylation is 1. The zero-order valence-electron chi connectivity index (χ0n) is 18.5. The first kappa shape index (κ1) is 21.6. The summed E-state index contributed by atoms with van der Waals surface area (Å²) in [6.45, 7) is 2.41. The number of fused-ring (bicyclic) bond motifs is 1. The molecule has 0 bridgehead atoms. The van der Waals surface area contributed by atoms with Gasteiger partial charge in [0, 0.05) is 40.9 Å². The third-order valence-electron chi connectivity index (χ3n) is 6.54. The zero-order valence-corrected chi connectivity index (χ0v) is 19.3. The summed E-state index contributed by atoms with van der Waals surface area (Å²) in [4.78, 5) is 14.1. The highest BCUT2D eigenvalue weighted by atomic mass is 35.5. The van der Waals surface area contributed by atoms with E-state index in [2.05, 4.69) is 16.3 Å². The summed E-state index contributed by atoms with van der Waals surface area (Å²) in [5.41, 5.74) is 2.63. The molecule has 1 aliphatic heterocycles. The Kier molecular flexibility index (Phi) is 5.30. The minimum absolute atomic E-state index is 0.0197. The average Bonchev–Trinajstić information content (AvgIpc) is 3.57. The van der Waals surface area contributed by atoms with Crippen LogP contribution in [0.5, 0.6) is 0 Å². The van der Waals surface area contributed by atoms with Crippen LogP contribution in [0.1, 0.15) is 60.8 Å². The van der Waals surface area contributed by atoms with E-state index >= 15 is 0 Å². The van der Waals surface area contributed by atoms with Crippen molar-refractivity contribution in [1.29, 1.82) is 0 Å². The second-order valence-electron chi connectivity index (χ2n) is 9.07. The van der Waals surface area contributed by atoms with E-state index in [1.807, 2.05) is 17.8 Å². The van der Waals surface area contributed by atoms with Gasteiger partial charge in [-0.3, -0.25) is 4.68 Å². The monoisotopic (exact) mass is 481 g/mol. The average molecular weight is 482 g/mol. The number of hydrogen-bond donors (Lipinski definition) is 0. The molecule has 1 saturated heterocycles. The van der Waals surface area contributed by atoms with Gasteiger partial charge in [0.1, 0.15) is 17.5 Å². The van der Waals surface area contributed by atoms with Crippen LogP contribution < -0.4 is 0 Å². The summed E-state index contributed by atoms with van der Waals surface area (Å²) in [6, 6.07) is 6.16. The molecule has 4 heterocycles. The Hall–Kier alpha value is -2.97. The van der Waals surface area contributed by atoms with E-state index in [0.717, 1.165) is 42.7 Å². The maximum absolute atomic E-state index is 14.9. The van der Waals surface area contributed by atoms with Crippen molar-refractivity contribution >= 4 is 22.6 Å². The molecule has 2 fully saturated rings. The summed E-state index contributed by atoms with van der Waals surface area (Å²) in [5, 5.41) is 4.78. The summed E-state index contributed by atoms with van der Waals surface area (Å²) >= 11 is 5.78. The normalized spacial score (nSPS) is 20.7. The molecule has 3 aromatic heterocycles. The molecule has 1 aliphatic carbocycles. The van der Waals surface area contributed by atoms with E-state index in [9.17, 15) is 8.78 Å². The number of nitrogens with zero attached hydrogens (tertiary/aromatic N) is 5. The Morgan fingerprint density at radius 2 is 1.91 bits per heavy atom. The van der Waals surface area contributed by atoms with Crippen LogP contribution in [0, 0.1) is 18.6 Å². The third-order valence-corrected chi connectivity index (χ3v) is 6.83. The highest BCUT2D eigenvalue weighted by Gasteiger charge is 2.31. The van der Waals surface area contributed by atoms with Gasteiger partial charge in [0.15, 0.2) is 5.65 Å². The van der Waals surface area contributed by atoms with Crippen LogP contribution in [0.15, 0.2) is 36.7 Å². The molecule has 0 radical (unpaired) electrons. The molecule has 6 rings (SSSR count). The predicted molar refractivity (Wildman–Crippen MR) is 124 cm³/mol. The lowest BCUT2D eigenvalue weighted by molar-refractivity contribution is 0.00396. The summed E-state index contributed by atoms with van der Waals surface area (Å²) in [7, 11) is 0. The van der Waals surface area contributed by atoms with Gasteiger partial charge in [-0.05, 0) is 56.9 Å². The Labute approximate surface area is 200 Å². The highest BCUT2D eigenvalue weighted by molar-refractivity contribution is 6.30. The van der Waals surface area contributed by atoms with Crippen molar-refractivity contribution < 1.29 is 13.5 Å². The van der Waals surface area contributed by atoms with Crippen LogP contribution in [-0.4, -0.2) is 31.3 Å². The van der Waals surface area contributed by atoms with E-state index in [1.165, 1.54) is 0 Å². The Morgan fingerprint density at radius 1 is 1.06 bits per heavy atom. The maximum Gasteiger partial charge on any atom is 0.163 e. The maximum atomic E-state index is 14.9. The smallest absolute Gasteiger partial charge is 0.163 e. The molecule has 0 amide bonds. The van der Waals surface area contributed by atoms with Crippen molar-refractivity contribution in [3.8, 4) is 11.3 Å². The van der Waals surface area contributed by atoms with Crippen LogP contribution in [-0.2, 0) is 4.74 Å². The first-order chi connectivity index (χ1) is 16.5. The van der Waals surface area contributed by atoms with E-state index in [-0.39, 0.29) is 22.6 Å². The van der Waals surface area contributed by atoms with Gasteiger partial charge in [0.25, 0.3) is 0 Å². The number of halogens is 3. The van der Waals surface area contributed by atoms with Crippen molar-refractivity contribution in [1.82, 2.24) is 24.7 Å². The molecule has 1 saturated carbocycles. The second-order valence-corrected chi connectivity index (χ2v) is 9.47. The standard InChI is InChI=1S/C25H22ClF2N5O/c1-13-2-5-17-23(18-9-21(28)19(26)10-20(18)27)31-24(32-25(17)30-13)14-6-7-34-22(8-14)15-11-29-33(12-15)16-3-4-16/h2,5,9-12,14,16,22H,3-4,6-8H2,1H3/t14-,22-/m1/s1. The molecule has 174 valence electrons. The second kappa shape index (κ2) is 8.36. The lowest BCUT2D eigenvalue weighted by Crippen LogP contribution is -2.20. The zero-order chi connectivity index (χ0) is 23.4. The van der Waals surface area contributed by atoms with Gasteiger partial charge in [-0.25, -0.2) is 23.7 Å². The van der Waals surface area contributed by atoms with Crippen molar-refractivity contribution in [2.24, 2.45) is 0 Å². The quantitative estimate of drug-likeness (QED) is 0.329. The third kappa shape index (κ3) is 3.95. The fourth-order valence-corrected chi connectivity index (χ4v) is 4.69. The number of benzene rings is 1. The number of pyridine rings is 1. The van der Waals surface area contributed by atoms with Crippen molar-refractivity contribution in [2.45, 2.75) is 50.7 Å². The van der Waals surface area contributed by atoms with Crippen LogP contribution in [0.25, 0.3) is 22.3 Å². The molecule has 0 spiro atoms. The predicted octanol–water partition coefficient (Wildman–Crippen LogP) is 6.10. The Bertz CT molecular complexity index is 1400. The largest absolute Gasteiger partial charge is 0.373 e. The Balaban J connectivity index is 1.41. The minimum Gasteiger partial charge on any atom is -0.373 e. The van der Waals surface area contributed by atoms with E-state index in [1.54, 1.807) is 12.1 Å². The van der Waals surface area contributed by atoms with Gasteiger partial charge in [0.2, 0.25) is 0 Å². The van der Waals surface area contributed by atoms with Crippen LogP contribution >= 0.6 is 11.6 Å². The van der Waals surface area contributed by atoms with E-state index < -0.39 is 11.6 Å². The van der Waals surface area contributed by atoms with Crippen LogP contribution in [0.4, 0.5) is 8.78 Å². The van der Waals surface area contributed by atoms with Gasteiger partial charge < -0.3 is 4.74 Å². The van der Waals surface area contributed by atoms with Crippen LogP contribution in [0.3, 0.4) is 0 Å². The lowest BCUT2D eigenvalue weighted by Gasteiger charge is -2.28. The summed E-state index contributed by atoms with van der Waals surface area (Å²) in [6.07, 6.45) is 7.54. The molecule has 2 aliphatic rings. The molecule has 4 aromatic rings. The molecule has 6 nitrogen and oxygen atoms in total. The molecular weight excluding hydrogens is 460 g/mol. The molecule has 9 heteroatoms. The van der Waals surface area contributed by atoms with Crippen molar-refractivity contribution in [3.63, 3.8) is 0 Å². The van der Waals surface area contributed by atoms with Gasteiger partial charge in [-0.1, -0.05) is 11.6 Å². The molecule has 1 aromatic carbocycles. The Morgan fingerprint density at radius 3 is 2.74 bits per heavy atom. The molecule has 0 unspecified atom stereocenters. The fourth-order valence-electron chi connectivity index (χ4n) is 4.53. The fraction of sp³-hybridized carbons (Fsp3) is 0.360. The lowest BCUT2D eigenvalue weighted by atomic mass is 9.92. The summed E-state index contributed by atoms with van der Waals surface area (Å²) in [5.74, 6) is -0.813. The van der Waals surface area contributed by atoms with Crippen LogP contribution in [0.2, 0.25) is 5.02 Å². The molecule has 2 atom stereocenters. The van der Waals surface area contributed by atoms with Gasteiger partial charge >= 0.3 is 0 Å². The SMILES string of the molecule is Cc1ccc2c(-c3cc(F)c(Cl)cc3F)nc([C@@H]3CCO[C@@H](c4cnn(C5CC5)c4)C3)nc2n1. The first-order valence-electron chi connectivity index (χ1n) is 11.4.